The quantitative estimate of drug-likeness (QED) is 0.738. The molecule has 1 saturated carbocycles. The molecule has 0 radical (unpaired) electrons. The average Bonchev–Trinajstić information content (AvgIpc) is 2.47. The molecule has 1 aliphatic carbocycles. The van der Waals surface area contributed by atoms with Crippen LogP contribution in [0.25, 0.3) is 0 Å². The average molecular weight is 288 g/mol. The van der Waals surface area contributed by atoms with E-state index in [1.807, 2.05) is 0 Å². The van der Waals surface area contributed by atoms with E-state index >= 15 is 0 Å². The van der Waals surface area contributed by atoms with Crippen LogP contribution in [0, 0.1) is 5.92 Å². The lowest BCUT2D eigenvalue weighted by atomic mass is 9.85. The summed E-state index contributed by atoms with van der Waals surface area (Å²) in [5.41, 5.74) is 2.90. The molecule has 0 saturated heterocycles. The van der Waals surface area contributed by atoms with E-state index in [0.29, 0.717) is 5.92 Å². The Kier molecular flexibility index (Phi) is 6.72. The van der Waals surface area contributed by atoms with Crippen LogP contribution in [0.4, 0.5) is 0 Å². The Bertz CT molecular complexity index is 395. The van der Waals surface area contributed by atoms with Gasteiger partial charge in [0.1, 0.15) is 0 Å². The van der Waals surface area contributed by atoms with Gasteiger partial charge in [0.05, 0.1) is 0 Å². The van der Waals surface area contributed by atoms with Gasteiger partial charge in [-0.1, -0.05) is 51.5 Å². The van der Waals surface area contributed by atoms with Crippen molar-refractivity contribution in [1.82, 2.24) is 10.2 Å². The third-order valence-electron chi connectivity index (χ3n) is 4.84. The topological polar surface area (TPSA) is 15.3 Å². The molecule has 1 aromatic rings. The Morgan fingerprint density at radius 2 is 1.90 bits per heavy atom. The van der Waals surface area contributed by atoms with Crippen molar-refractivity contribution >= 4 is 0 Å². The van der Waals surface area contributed by atoms with Crippen molar-refractivity contribution < 1.29 is 0 Å². The Labute approximate surface area is 130 Å². The van der Waals surface area contributed by atoms with Gasteiger partial charge in [-0.2, -0.15) is 0 Å². The number of benzene rings is 1. The Hall–Kier alpha value is -0.860. The van der Waals surface area contributed by atoms with Gasteiger partial charge in [-0.25, -0.2) is 0 Å². The highest BCUT2D eigenvalue weighted by Crippen LogP contribution is 2.27. The molecule has 0 aromatic heterocycles. The summed E-state index contributed by atoms with van der Waals surface area (Å²) < 4.78 is 0. The zero-order valence-corrected chi connectivity index (χ0v) is 14.1. The predicted octanol–water partition coefficient (Wildman–Crippen LogP) is 4.02. The van der Waals surface area contributed by atoms with Gasteiger partial charge >= 0.3 is 0 Å². The minimum Gasteiger partial charge on any atom is -0.316 e. The fraction of sp³-hybridized carbons (Fsp3) is 0.684. The van der Waals surface area contributed by atoms with Crippen molar-refractivity contribution in [2.24, 2.45) is 5.92 Å². The molecule has 1 unspecified atom stereocenters. The highest BCUT2D eigenvalue weighted by molar-refractivity contribution is 5.25. The lowest BCUT2D eigenvalue weighted by Gasteiger charge is -2.31. The van der Waals surface area contributed by atoms with Crippen LogP contribution in [-0.4, -0.2) is 31.1 Å². The van der Waals surface area contributed by atoms with Crippen molar-refractivity contribution in [3.63, 3.8) is 0 Å². The van der Waals surface area contributed by atoms with E-state index in [9.17, 15) is 0 Å². The third-order valence-corrected chi connectivity index (χ3v) is 4.84. The number of rotatable bonds is 9. The molecule has 1 aromatic carbocycles. The van der Waals surface area contributed by atoms with Gasteiger partial charge in [0.25, 0.3) is 0 Å². The van der Waals surface area contributed by atoms with E-state index in [-0.39, 0.29) is 0 Å². The summed E-state index contributed by atoms with van der Waals surface area (Å²) >= 11 is 0. The number of nitrogens with zero attached hydrogens (tertiary/aromatic N) is 1. The number of nitrogens with one attached hydrogen (secondary N) is 1. The smallest absolute Gasteiger partial charge is 0.0233 e. The van der Waals surface area contributed by atoms with Crippen molar-refractivity contribution in [1.29, 1.82) is 0 Å². The largest absolute Gasteiger partial charge is 0.316 e. The van der Waals surface area contributed by atoms with E-state index in [1.165, 1.54) is 36.9 Å². The van der Waals surface area contributed by atoms with Crippen molar-refractivity contribution in [3.05, 3.63) is 35.4 Å². The fourth-order valence-corrected chi connectivity index (χ4v) is 3.03. The molecule has 2 nitrogen and oxygen atoms in total. The first-order valence-electron chi connectivity index (χ1n) is 8.74. The van der Waals surface area contributed by atoms with E-state index in [2.05, 4.69) is 55.3 Å². The maximum Gasteiger partial charge on any atom is 0.0233 e. The van der Waals surface area contributed by atoms with Crippen molar-refractivity contribution in [3.8, 4) is 0 Å². The van der Waals surface area contributed by atoms with E-state index in [4.69, 9.17) is 0 Å². The fourth-order valence-electron chi connectivity index (χ4n) is 3.03. The molecular formula is C19H32N2. The molecule has 0 bridgehead atoms. The normalized spacial score (nSPS) is 17.0. The molecule has 0 aliphatic heterocycles. The molecule has 2 rings (SSSR count). The van der Waals surface area contributed by atoms with Crippen LogP contribution < -0.4 is 5.32 Å². The molecule has 1 atom stereocenters. The highest BCUT2D eigenvalue weighted by atomic mass is 15.1. The second-order valence-electron chi connectivity index (χ2n) is 6.57. The summed E-state index contributed by atoms with van der Waals surface area (Å²) in [4.78, 5) is 2.60. The van der Waals surface area contributed by atoms with Crippen LogP contribution >= 0.6 is 0 Å². The molecular weight excluding hydrogens is 256 g/mol. The van der Waals surface area contributed by atoms with Crippen LogP contribution in [-0.2, 0) is 6.54 Å². The van der Waals surface area contributed by atoms with E-state index in [0.717, 1.165) is 32.1 Å². The van der Waals surface area contributed by atoms with Crippen LogP contribution in [0.1, 0.15) is 57.1 Å². The Morgan fingerprint density at radius 3 is 2.43 bits per heavy atom. The maximum absolute atomic E-state index is 3.43. The lowest BCUT2D eigenvalue weighted by Crippen LogP contribution is -2.32. The van der Waals surface area contributed by atoms with Gasteiger partial charge in [-0.15, -0.1) is 0 Å². The van der Waals surface area contributed by atoms with Gasteiger partial charge in [-0.05, 0) is 48.9 Å². The first-order chi connectivity index (χ1) is 10.2. The van der Waals surface area contributed by atoms with E-state index in [1.54, 1.807) is 0 Å². The number of likely N-dealkylation sites (N-methyl/N-ethyl adjacent to an activating group) is 1. The second-order valence-corrected chi connectivity index (χ2v) is 6.57. The van der Waals surface area contributed by atoms with Crippen LogP contribution in [0.15, 0.2) is 24.3 Å². The summed E-state index contributed by atoms with van der Waals surface area (Å²) in [6.45, 7) is 12.4. The summed E-state index contributed by atoms with van der Waals surface area (Å²) in [6, 6.07) is 9.27. The summed E-state index contributed by atoms with van der Waals surface area (Å²) in [5, 5.41) is 3.43. The Morgan fingerprint density at radius 1 is 1.19 bits per heavy atom. The summed E-state index contributed by atoms with van der Waals surface area (Å²) in [7, 11) is 0. The SMILES string of the molecule is CCNCC(C)c1ccc(CN(CC)CC2CCC2)cc1. The molecule has 0 heterocycles. The summed E-state index contributed by atoms with van der Waals surface area (Å²) in [5.74, 6) is 1.56. The zero-order chi connectivity index (χ0) is 15.1. The number of hydrogen-bond donors (Lipinski definition) is 1. The van der Waals surface area contributed by atoms with Gasteiger partial charge in [0, 0.05) is 19.6 Å². The van der Waals surface area contributed by atoms with E-state index < -0.39 is 0 Å². The Balaban J connectivity index is 1.85. The number of hydrogen-bond acceptors (Lipinski definition) is 2. The van der Waals surface area contributed by atoms with Crippen molar-refractivity contribution in [2.75, 3.05) is 26.2 Å². The molecule has 0 amide bonds. The maximum atomic E-state index is 3.43. The molecule has 21 heavy (non-hydrogen) atoms. The van der Waals surface area contributed by atoms with Gasteiger partial charge < -0.3 is 5.32 Å². The molecule has 1 aliphatic rings. The van der Waals surface area contributed by atoms with Crippen LogP contribution in [0.2, 0.25) is 0 Å². The van der Waals surface area contributed by atoms with Crippen molar-refractivity contribution in [2.45, 2.75) is 52.5 Å². The monoisotopic (exact) mass is 288 g/mol. The molecule has 1 N–H and O–H groups in total. The van der Waals surface area contributed by atoms with Gasteiger partial charge in [-0.3, -0.25) is 4.90 Å². The zero-order valence-electron chi connectivity index (χ0n) is 14.1. The molecule has 2 heteroatoms. The van der Waals surface area contributed by atoms with Gasteiger partial charge in [0.15, 0.2) is 0 Å². The summed E-state index contributed by atoms with van der Waals surface area (Å²) in [6.07, 6.45) is 4.33. The van der Waals surface area contributed by atoms with Crippen LogP contribution in [0.5, 0.6) is 0 Å². The lowest BCUT2D eigenvalue weighted by molar-refractivity contribution is 0.178. The van der Waals surface area contributed by atoms with Crippen LogP contribution in [0.3, 0.4) is 0 Å². The minimum atomic E-state index is 0.594. The molecule has 1 fully saturated rings. The van der Waals surface area contributed by atoms with Gasteiger partial charge in [0.2, 0.25) is 0 Å². The first kappa shape index (κ1) is 16.5. The highest BCUT2D eigenvalue weighted by Gasteiger charge is 2.20. The predicted molar refractivity (Wildman–Crippen MR) is 91.7 cm³/mol. The molecule has 118 valence electrons. The first-order valence-corrected chi connectivity index (χ1v) is 8.74. The standard InChI is InChI=1S/C19H32N2/c1-4-20-13-16(3)19-11-9-18(10-12-19)15-21(5-2)14-17-7-6-8-17/h9-12,16-17,20H,4-8,13-15H2,1-3H3. The third kappa shape index (κ3) is 5.12. The second kappa shape index (κ2) is 8.55. The minimum absolute atomic E-state index is 0.594. The molecule has 0 spiro atoms.